The molecule has 0 spiro atoms. The van der Waals surface area contributed by atoms with Crippen LogP contribution in [0.1, 0.15) is 38.5 Å². The second kappa shape index (κ2) is 3.56. The Morgan fingerprint density at radius 2 is 1.72 bits per heavy atom. The summed E-state index contributed by atoms with van der Waals surface area (Å²) in [5.41, 5.74) is 5.95. The summed E-state index contributed by atoms with van der Waals surface area (Å²) in [6.07, 6.45) is 8.17. The number of nitrogens with zero attached hydrogens (tertiary/aromatic N) is 1. The molecule has 5 rings (SSSR count). The molecule has 1 heterocycles. The van der Waals surface area contributed by atoms with Crippen LogP contribution in [0.5, 0.6) is 0 Å². The van der Waals surface area contributed by atoms with Crippen LogP contribution >= 0.6 is 11.6 Å². The van der Waals surface area contributed by atoms with Crippen LogP contribution in [0.3, 0.4) is 0 Å². The molecule has 0 atom stereocenters. The van der Waals surface area contributed by atoms with Gasteiger partial charge in [-0.05, 0) is 56.3 Å². The fraction of sp³-hybridized carbons (Fsp3) is 0.769. The Labute approximate surface area is 112 Å². The van der Waals surface area contributed by atoms with E-state index in [4.69, 9.17) is 17.3 Å². The van der Waals surface area contributed by atoms with Gasteiger partial charge < -0.3 is 11.1 Å². The van der Waals surface area contributed by atoms with Gasteiger partial charge in [-0.25, -0.2) is 0 Å². The third-order valence-corrected chi connectivity index (χ3v) is 5.54. The van der Waals surface area contributed by atoms with E-state index < -0.39 is 0 Å². The maximum atomic E-state index is 6.17. The van der Waals surface area contributed by atoms with Crippen molar-refractivity contribution >= 4 is 23.2 Å². The van der Waals surface area contributed by atoms with Gasteiger partial charge in [-0.2, -0.15) is 5.10 Å². The molecule has 4 bridgehead atoms. The monoisotopic (exact) mass is 266 g/mol. The molecule has 4 fully saturated rings. The minimum atomic E-state index is 0.236. The molecular weight excluding hydrogens is 248 g/mol. The summed E-state index contributed by atoms with van der Waals surface area (Å²) < 4.78 is 0. The highest BCUT2D eigenvalue weighted by molar-refractivity contribution is 6.35. The van der Waals surface area contributed by atoms with Crippen molar-refractivity contribution in [2.45, 2.75) is 44.1 Å². The van der Waals surface area contributed by atoms with E-state index in [1.54, 1.807) is 0 Å². The predicted molar refractivity (Wildman–Crippen MR) is 72.5 cm³/mol. The minimum Gasteiger partial charge on any atom is -0.383 e. The molecule has 4 saturated carbocycles. The molecule has 1 aromatic rings. The second-order valence-electron chi connectivity index (χ2n) is 6.62. The number of hydrogen-bond donors (Lipinski definition) is 3. The van der Waals surface area contributed by atoms with Crippen molar-refractivity contribution in [2.24, 2.45) is 17.8 Å². The quantitative estimate of drug-likeness (QED) is 0.771. The molecule has 0 aromatic carbocycles. The average Bonchev–Trinajstić information content (AvgIpc) is 2.58. The van der Waals surface area contributed by atoms with Crippen LogP contribution in [0, 0.1) is 17.8 Å². The normalized spacial score (nSPS) is 41.3. The molecule has 1 aromatic heterocycles. The summed E-state index contributed by atoms with van der Waals surface area (Å²) in [7, 11) is 0. The number of aromatic nitrogens is 2. The molecule has 4 aliphatic carbocycles. The Morgan fingerprint density at radius 3 is 2.17 bits per heavy atom. The first-order chi connectivity index (χ1) is 8.63. The van der Waals surface area contributed by atoms with Gasteiger partial charge >= 0.3 is 0 Å². The number of anilines is 2. The van der Waals surface area contributed by atoms with Gasteiger partial charge in [0.25, 0.3) is 0 Å². The molecule has 0 aliphatic heterocycles. The third-order valence-electron chi connectivity index (χ3n) is 5.15. The summed E-state index contributed by atoms with van der Waals surface area (Å²) in [6.45, 7) is 0. The molecular formula is C13H19ClN4. The van der Waals surface area contributed by atoms with Gasteiger partial charge in [0.1, 0.15) is 10.8 Å². The van der Waals surface area contributed by atoms with E-state index in [0.717, 1.165) is 23.6 Å². The Balaban J connectivity index is 1.62. The van der Waals surface area contributed by atoms with Gasteiger partial charge in [-0.1, -0.05) is 11.6 Å². The van der Waals surface area contributed by atoms with Crippen molar-refractivity contribution in [1.29, 1.82) is 0 Å². The van der Waals surface area contributed by atoms with Gasteiger partial charge in [-0.15, -0.1) is 0 Å². The molecule has 98 valence electrons. The molecule has 0 radical (unpaired) electrons. The molecule has 4 nitrogen and oxygen atoms in total. The zero-order valence-electron chi connectivity index (χ0n) is 10.4. The standard InChI is InChI=1S/C13H19ClN4/c14-10-11(15)17-18-12(10)16-13-4-7-1-8(5-13)3-9(2-7)6-13/h7-9H,1-6H2,(H4,15,16,17,18). The number of nitrogens with two attached hydrogens (primary N) is 1. The fourth-order valence-electron chi connectivity index (χ4n) is 4.94. The Kier molecular flexibility index (Phi) is 2.17. The number of aromatic amines is 1. The Hall–Kier alpha value is -0.900. The van der Waals surface area contributed by atoms with Gasteiger partial charge in [0.15, 0.2) is 5.82 Å². The Morgan fingerprint density at radius 1 is 1.17 bits per heavy atom. The highest BCUT2D eigenvalue weighted by Crippen LogP contribution is 2.56. The van der Waals surface area contributed by atoms with Crippen molar-refractivity contribution in [3.8, 4) is 0 Å². The molecule has 0 saturated heterocycles. The zero-order valence-corrected chi connectivity index (χ0v) is 11.1. The van der Waals surface area contributed by atoms with Crippen LogP contribution in [0.15, 0.2) is 0 Å². The third kappa shape index (κ3) is 1.54. The highest BCUT2D eigenvalue weighted by atomic mass is 35.5. The molecule has 5 heteroatoms. The lowest BCUT2D eigenvalue weighted by Crippen LogP contribution is -2.54. The number of H-pyrrole nitrogens is 1. The summed E-state index contributed by atoms with van der Waals surface area (Å²) in [5, 5.41) is 11.1. The molecule has 0 unspecified atom stereocenters. The lowest BCUT2D eigenvalue weighted by molar-refractivity contribution is 0.0105. The smallest absolute Gasteiger partial charge is 0.169 e. The zero-order chi connectivity index (χ0) is 12.3. The average molecular weight is 267 g/mol. The first-order valence-electron chi connectivity index (χ1n) is 6.91. The largest absolute Gasteiger partial charge is 0.383 e. The van der Waals surface area contributed by atoms with Crippen LogP contribution in [0.2, 0.25) is 5.02 Å². The lowest BCUT2D eigenvalue weighted by atomic mass is 9.53. The maximum absolute atomic E-state index is 6.17. The molecule has 4 aliphatic rings. The second-order valence-corrected chi connectivity index (χ2v) is 7.00. The van der Waals surface area contributed by atoms with Crippen LogP contribution in [-0.2, 0) is 0 Å². The number of hydrogen-bond acceptors (Lipinski definition) is 3. The van der Waals surface area contributed by atoms with Crippen molar-refractivity contribution in [2.75, 3.05) is 11.1 Å². The maximum Gasteiger partial charge on any atom is 0.169 e. The van der Waals surface area contributed by atoms with Gasteiger partial charge in [0.2, 0.25) is 0 Å². The lowest BCUT2D eigenvalue weighted by Gasteiger charge is -2.57. The molecule has 18 heavy (non-hydrogen) atoms. The van der Waals surface area contributed by atoms with Gasteiger partial charge in [0.05, 0.1) is 0 Å². The van der Waals surface area contributed by atoms with E-state index in [2.05, 4.69) is 15.5 Å². The van der Waals surface area contributed by atoms with E-state index in [0.29, 0.717) is 10.8 Å². The number of nitrogens with one attached hydrogen (secondary N) is 2. The minimum absolute atomic E-state index is 0.236. The van der Waals surface area contributed by atoms with E-state index in [-0.39, 0.29) is 5.54 Å². The number of halogens is 1. The highest BCUT2D eigenvalue weighted by Gasteiger charge is 2.51. The van der Waals surface area contributed by atoms with Crippen molar-refractivity contribution in [3.63, 3.8) is 0 Å². The number of rotatable bonds is 2. The molecule has 4 N–H and O–H groups in total. The topological polar surface area (TPSA) is 66.7 Å². The van der Waals surface area contributed by atoms with Gasteiger partial charge in [0, 0.05) is 5.54 Å². The van der Waals surface area contributed by atoms with E-state index >= 15 is 0 Å². The fourth-order valence-corrected chi connectivity index (χ4v) is 5.07. The van der Waals surface area contributed by atoms with Crippen molar-refractivity contribution in [1.82, 2.24) is 10.2 Å². The van der Waals surface area contributed by atoms with E-state index in [9.17, 15) is 0 Å². The summed E-state index contributed by atoms with van der Waals surface area (Å²) in [4.78, 5) is 0. The predicted octanol–water partition coefficient (Wildman–Crippen LogP) is 3.03. The first kappa shape index (κ1) is 11.0. The number of nitrogen functional groups attached to an aromatic ring is 1. The first-order valence-corrected chi connectivity index (χ1v) is 7.29. The molecule has 0 amide bonds. The van der Waals surface area contributed by atoms with E-state index in [1.165, 1.54) is 38.5 Å². The summed E-state index contributed by atoms with van der Waals surface area (Å²) in [5.74, 6) is 3.96. The summed E-state index contributed by atoms with van der Waals surface area (Å²) >= 11 is 6.17. The van der Waals surface area contributed by atoms with Crippen molar-refractivity contribution in [3.05, 3.63) is 5.02 Å². The van der Waals surface area contributed by atoms with Crippen molar-refractivity contribution < 1.29 is 0 Å². The summed E-state index contributed by atoms with van der Waals surface area (Å²) in [6, 6.07) is 0. The SMILES string of the molecule is Nc1[nH]nc(NC23CC4CC(CC(C4)C2)C3)c1Cl. The van der Waals surface area contributed by atoms with Crippen LogP contribution < -0.4 is 11.1 Å². The van der Waals surface area contributed by atoms with Crippen LogP contribution in [0.4, 0.5) is 11.6 Å². The van der Waals surface area contributed by atoms with Gasteiger partial charge in [-0.3, -0.25) is 5.10 Å². The Bertz CT molecular complexity index is 446. The van der Waals surface area contributed by atoms with Crippen LogP contribution in [0.25, 0.3) is 0 Å². The van der Waals surface area contributed by atoms with Crippen LogP contribution in [-0.4, -0.2) is 15.7 Å². The van der Waals surface area contributed by atoms with E-state index in [1.807, 2.05) is 0 Å².